The highest BCUT2D eigenvalue weighted by molar-refractivity contribution is 5.92. The summed E-state index contributed by atoms with van der Waals surface area (Å²) >= 11 is 0. The van der Waals surface area contributed by atoms with E-state index in [2.05, 4.69) is 11.4 Å². The van der Waals surface area contributed by atoms with Crippen LogP contribution in [-0.4, -0.2) is 78.1 Å². The molecule has 2 aromatic carbocycles. The molecule has 4 rings (SSSR count). The molecular weight excluding hydrogens is 513 g/mol. The number of likely N-dealkylation sites (N-methyl/N-ethyl adjacent to an activating group) is 1. The second-order valence-corrected chi connectivity index (χ2v) is 11.1. The van der Waals surface area contributed by atoms with Crippen molar-refractivity contribution in [3.8, 4) is 5.75 Å². The third-order valence-electron chi connectivity index (χ3n) is 7.66. The average Bonchev–Trinajstić information content (AvgIpc) is 2.94. The van der Waals surface area contributed by atoms with E-state index < -0.39 is 11.1 Å². The molecule has 0 aliphatic carbocycles. The number of para-hydroxylation sites is 1. The topological polar surface area (TPSA) is 88.2 Å². The smallest absolute Gasteiger partial charge is 0.256 e. The fraction of sp³-hybridized carbons (Fsp3) is 0.516. The number of carbonyl (C=O) groups is 3. The van der Waals surface area contributed by atoms with E-state index in [4.69, 9.17) is 9.47 Å². The van der Waals surface area contributed by atoms with Crippen LogP contribution in [0.1, 0.15) is 51.2 Å². The molecule has 216 valence electrons. The summed E-state index contributed by atoms with van der Waals surface area (Å²) in [6, 6.07) is 13.7. The largest absolute Gasteiger partial charge is 0.491 e. The normalized spacial score (nSPS) is 20.6. The van der Waals surface area contributed by atoms with Crippen molar-refractivity contribution in [3.63, 3.8) is 0 Å². The van der Waals surface area contributed by atoms with Gasteiger partial charge in [-0.25, -0.2) is 4.39 Å². The van der Waals surface area contributed by atoms with Crippen molar-refractivity contribution in [2.75, 3.05) is 39.4 Å². The third-order valence-corrected chi connectivity index (χ3v) is 7.66. The molecule has 2 aliphatic rings. The number of hydrogen-bond donors (Lipinski definition) is 1. The molecule has 0 radical (unpaired) electrons. The fourth-order valence-corrected chi connectivity index (χ4v) is 5.51. The molecule has 1 saturated heterocycles. The lowest BCUT2D eigenvalue weighted by atomic mass is 9.90. The number of hydrogen-bond acceptors (Lipinski definition) is 5. The Morgan fingerprint density at radius 3 is 2.55 bits per heavy atom. The number of nitrogens with zero attached hydrogens (tertiary/aromatic N) is 2. The predicted molar refractivity (Wildman–Crippen MR) is 149 cm³/mol. The van der Waals surface area contributed by atoms with E-state index in [1.165, 1.54) is 12.1 Å². The summed E-state index contributed by atoms with van der Waals surface area (Å²) in [6.45, 7) is 7.20. The lowest BCUT2D eigenvalue weighted by Gasteiger charge is -2.45. The molecular formula is C31H40FN3O5. The van der Waals surface area contributed by atoms with Crippen LogP contribution in [0.2, 0.25) is 0 Å². The van der Waals surface area contributed by atoms with Crippen LogP contribution in [0.4, 0.5) is 4.39 Å². The highest BCUT2D eigenvalue weighted by Crippen LogP contribution is 2.30. The van der Waals surface area contributed by atoms with E-state index in [-0.39, 0.29) is 43.1 Å². The number of fused-ring (bicyclic) bond motifs is 1. The first-order valence-corrected chi connectivity index (χ1v) is 14.1. The molecule has 0 saturated carbocycles. The predicted octanol–water partition coefficient (Wildman–Crippen LogP) is 3.51. The highest BCUT2D eigenvalue weighted by Gasteiger charge is 2.48. The van der Waals surface area contributed by atoms with Gasteiger partial charge >= 0.3 is 0 Å². The highest BCUT2D eigenvalue weighted by atomic mass is 19.1. The standard InChI is InChI=1S/C31H40FN3O5/c1-4-34-17-19-39-26-11-6-5-9-24(26)10-7-8-16-31(29(34)38)22-35(18-20-40-31)28(37)30(2,3)33-27(36)21-23-12-14-25(32)15-13-23/h5-6,9,11-15H,4,7-8,10,16-22H2,1-3H3,(H,33,36). The van der Waals surface area contributed by atoms with Gasteiger partial charge in [-0.15, -0.1) is 0 Å². The number of carbonyl (C=O) groups excluding carboxylic acids is 3. The number of benzene rings is 2. The second-order valence-electron chi connectivity index (χ2n) is 11.1. The van der Waals surface area contributed by atoms with Gasteiger partial charge in [-0.3, -0.25) is 14.4 Å². The quantitative estimate of drug-likeness (QED) is 0.612. The van der Waals surface area contributed by atoms with Crippen LogP contribution in [0.25, 0.3) is 0 Å². The summed E-state index contributed by atoms with van der Waals surface area (Å²) in [7, 11) is 0. The van der Waals surface area contributed by atoms with E-state index in [1.807, 2.05) is 25.1 Å². The van der Waals surface area contributed by atoms with Crippen molar-refractivity contribution < 1.29 is 28.2 Å². The summed E-state index contributed by atoms with van der Waals surface area (Å²) in [5.41, 5.74) is -0.563. The van der Waals surface area contributed by atoms with Crippen LogP contribution in [0.3, 0.4) is 0 Å². The average molecular weight is 554 g/mol. The first-order valence-electron chi connectivity index (χ1n) is 14.1. The molecule has 1 N–H and O–H groups in total. The third kappa shape index (κ3) is 6.99. The Balaban J connectivity index is 1.47. The van der Waals surface area contributed by atoms with Gasteiger partial charge in [0.1, 0.15) is 23.7 Å². The van der Waals surface area contributed by atoms with Crippen molar-refractivity contribution in [1.29, 1.82) is 0 Å². The van der Waals surface area contributed by atoms with Gasteiger partial charge in [0.25, 0.3) is 5.91 Å². The Morgan fingerprint density at radius 1 is 1.05 bits per heavy atom. The van der Waals surface area contributed by atoms with Crippen LogP contribution >= 0.6 is 0 Å². The Morgan fingerprint density at radius 2 is 1.80 bits per heavy atom. The molecule has 0 aromatic heterocycles. The van der Waals surface area contributed by atoms with E-state index in [0.717, 1.165) is 30.6 Å². The van der Waals surface area contributed by atoms with Crippen molar-refractivity contribution in [3.05, 3.63) is 65.5 Å². The summed E-state index contributed by atoms with van der Waals surface area (Å²) in [6.07, 6.45) is 2.95. The molecule has 2 aromatic rings. The first kappa shape index (κ1) is 29.5. The lowest BCUT2D eigenvalue weighted by molar-refractivity contribution is -0.178. The Kier molecular flexibility index (Phi) is 9.45. The number of rotatable bonds is 5. The number of halogens is 1. The number of morpholine rings is 1. The number of aryl methyl sites for hydroxylation is 1. The van der Waals surface area contributed by atoms with Gasteiger partial charge in [0.05, 0.1) is 26.1 Å². The summed E-state index contributed by atoms with van der Waals surface area (Å²) in [5.74, 6) is -0.269. The molecule has 3 amide bonds. The number of ether oxygens (including phenoxy) is 2. The second kappa shape index (κ2) is 12.8. The number of amides is 3. The minimum Gasteiger partial charge on any atom is -0.491 e. The van der Waals surface area contributed by atoms with Crippen LogP contribution in [0.5, 0.6) is 5.75 Å². The van der Waals surface area contributed by atoms with Gasteiger partial charge in [0.15, 0.2) is 5.60 Å². The lowest BCUT2D eigenvalue weighted by Crippen LogP contribution is -2.65. The van der Waals surface area contributed by atoms with Crippen molar-refractivity contribution in [2.45, 2.75) is 64.0 Å². The van der Waals surface area contributed by atoms with Crippen LogP contribution in [-0.2, 0) is 32.0 Å². The van der Waals surface area contributed by atoms with Crippen molar-refractivity contribution >= 4 is 17.7 Å². The van der Waals surface area contributed by atoms with E-state index in [0.29, 0.717) is 38.2 Å². The molecule has 1 fully saturated rings. The van der Waals surface area contributed by atoms with E-state index in [1.54, 1.807) is 35.8 Å². The van der Waals surface area contributed by atoms with E-state index >= 15 is 0 Å². The zero-order valence-electron chi connectivity index (χ0n) is 23.7. The maximum absolute atomic E-state index is 13.9. The van der Waals surface area contributed by atoms with Gasteiger partial charge in [-0.1, -0.05) is 30.3 Å². The molecule has 8 nitrogen and oxygen atoms in total. The van der Waals surface area contributed by atoms with Crippen molar-refractivity contribution in [1.82, 2.24) is 15.1 Å². The maximum atomic E-state index is 13.9. The summed E-state index contributed by atoms with van der Waals surface area (Å²) < 4.78 is 25.5. The maximum Gasteiger partial charge on any atom is 0.256 e. The molecule has 2 aliphatic heterocycles. The van der Waals surface area contributed by atoms with Crippen LogP contribution < -0.4 is 10.1 Å². The Labute approximate surface area is 235 Å². The Hall–Kier alpha value is -3.46. The van der Waals surface area contributed by atoms with Crippen molar-refractivity contribution in [2.24, 2.45) is 0 Å². The van der Waals surface area contributed by atoms with Gasteiger partial charge in [0.2, 0.25) is 11.8 Å². The van der Waals surface area contributed by atoms with Gasteiger partial charge in [0, 0.05) is 13.1 Å². The Bertz CT molecular complexity index is 1200. The van der Waals surface area contributed by atoms with Gasteiger partial charge in [-0.2, -0.15) is 0 Å². The molecule has 9 heteroatoms. The van der Waals surface area contributed by atoms with E-state index in [9.17, 15) is 18.8 Å². The molecule has 40 heavy (non-hydrogen) atoms. The molecule has 0 bridgehead atoms. The first-order chi connectivity index (χ1) is 19.1. The SMILES string of the molecule is CCN1CCOc2ccccc2CCCCC2(CN(C(=O)C(C)(C)NC(=O)Cc3ccc(F)cc3)CCO2)C1=O. The van der Waals surface area contributed by atoms with Gasteiger partial charge in [-0.05, 0) is 75.8 Å². The molecule has 1 unspecified atom stereocenters. The molecule has 2 heterocycles. The minimum absolute atomic E-state index is 0.0270. The molecule has 1 spiro atoms. The van der Waals surface area contributed by atoms with Crippen LogP contribution in [0, 0.1) is 5.82 Å². The van der Waals surface area contributed by atoms with Gasteiger partial charge < -0.3 is 24.6 Å². The number of nitrogens with one attached hydrogen (secondary N) is 1. The fourth-order valence-electron chi connectivity index (χ4n) is 5.51. The minimum atomic E-state index is -1.20. The monoisotopic (exact) mass is 553 g/mol. The molecule has 1 atom stereocenters. The zero-order valence-corrected chi connectivity index (χ0v) is 23.7. The summed E-state index contributed by atoms with van der Waals surface area (Å²) in [5, 5.41) is 2.83. The zero-order chi connectivity index (χ0) is 28.8. The summed E-state index contributed by atoms with van der Waals surface area (Å²) in [4.78, 5) is 43.8. The van der Waals surface area contributed by atoms with Crippen LogP contribution in [0.15, 0.2) is 48.5 Å².